The van der Waals surface area contributed by atoms with Crippen molar-refractivity contribution in [3.05, 3.63) is 0 Å². The molecule has 2 aliphatic rings. The maximum Gasteiger partial charge on any atom is 0.407 e. The molecule has 0 aromatic rings. The van der Waals surface area contributed by atoms with E-state index in [-0.39, 0.29) is 12.2 Å². The average molecular weight is 212 g/mol. The van der Waals surface area contributed by atoms with E-state index in [9.17, 15) is 4.79 Å². The zero-order valence-electron chi connectivity index (χ0n) is 9.08. The van der Waals surface area contributed by atoms with Crippen molar-refractivity contribution in [2.45, 2.75) is 50.7 Å². The van der Waals surface area contributed by atoms with Gasteiger partial charge in [-0.25, -0.2) is 4.79 Å². The highest BCUT2D eigenvalue weighted by molar-refractivity contribution is 5.68. The lowest BCUT2D eigenvalue weighted by Crippen LogP contribution is -2.42. The smallest absolute Gasteiger partial charge is 0.407 e. The Kier molecular flexibility index (Phi) is 3.46. The highest BCUT2D eigenvalue weighted by atomic mass is 16.6. The molecule has 0 radical (unpaired) electrons. The molecule has 0 spiro atoms. The fraction of sp³-hybridized carbons (Fsp3) is 0.909. The molecule has 2 atom stereocenters. The highest BCUT2D eigenvalue weighted by Gasteiger charge is 2.30. The van der Waals surface area contributed by atoms with Crippen LogP contribution in [-0.2, 0) is 4.74 Å². The van der Waals surface area contributed by atoms with E-state index in [1.807, 2.05) is 0 Å². The van der Waals surface area contributed by atoms with Crippen LogP contribution in [-0.4, -0.2) is 24.8 Å². The maximum atomic E-state index is 11.5. The summed E-state index contributed by atoms with van der Waals surface area (Å²) in [5.74, 6) is 0.372. The minimum Gasteiger partial charge on any atom is -0.446 e. The first-order valence-electron chi connectivity index (χ1n) is 5.97. The predicted molar refractivity (Wildman–Crippen MR) is 57.4 cm³/mol. The van der Waals surface area contributed by atoms with Gasteiger partial charge in [0.25, 0.3) is 0 Å². The quantitative estimate of drug-likeness (QED) is 0.743. The standard InChI is InChI=1S/C11H20N2O2/c12-7-8-3-1-6-10(8)15-11(14)13-9-4-2-5-9/h8-10H,1-7,12H2,(H,13,14). The fourth-order valence-electron chi connectivity index (χ4n) is 2.32. The Balaban J connectivity index is 1.72. The summed E-state index contributed by atoms with van der Waals surface area (Å²) in [4.78, 5) is 11.5. The van der Waals surface area contributed by atoms with Crippen molar-refractivity contribution in [3.63, 3.8) is 0 Å². The summed E-state index contributed by atoms with van der Waals surface area (Å²) >= 11 is 0. The monoisotopic (exact) mass is 212 g/mol. The van der Waals surface area contributed by atoms with Crippen LogP contribution in [0.2, 0.25) is 0 Å². The van der Waals surface area contributed by atoms with Crippen LogP contribution in [0.5, 0.6) is 0 Å². The van der Waals surface area contributed by atoms with E-state index in [1.54, 1.807) is 0 Å². The number of carbonyl (C=O) groups excluding carboxylic acids is 1. The molecule has 15 heavy (non-hydrogen) atoms. The van der Waals surface area contributed by atoms with Gasteiger partial charge in [0.15, 0.2) is 0 Å². The van der Waals surface area contributed by atoms with Crippen LogP contribution >= 0.6 is 0 Å². The van der Waals surface area contributed by atoms with Gasteiger partial charge in [-0.05, 0) is 45.1 Å². The lowest BCUT2D eigenvalue weighted by Gasteiger charge is -2.27. The lowest BCUT2D eigenvalue weighted by molar-refractivity contribution is 0.0721. The average Bonchev–Trinajstić information content (AvgIpc) is 2.59. The fourth-order valence-corrected chi connectivity index (χ4v) is 2.32. The van der Waals surface area contributed by atoms with Crippen LogP contribution in [0, 0.1) is 5.92 Å². The molecule has 2 aliphatic carbocycles. The minimum atomic E-state index is -0.245. The van der Waals surface area contributed by atoms with Crippen LogP contribution in [0.4, 0.5) is 4.79 Å². The molecule has 4 heteroatoms. The van der Waals surface area contributed by atoms with Crippen molar-refractivity contribution in [2.24, 2.45) is 11.7 Å². The van der Waals surface area contributed by atoms with E-state index in [0.29, 0.717) is 18.5 Å². The number of ether oxygens (including phenoxy) is 1. The number of hydrogen-bond acceptors (Lipinski definition) is 3. The number of alkyl carbamates (subject to hydrolysis) is 1. The summed E-state index contributed by atoms with van der Waals surface area (Å²) < 4.78 is 5.39. The molecule has 1 amide bonds. The maximum absolute atomic E-state index is 11.5. The molecule has 0 aliphatic heterocycles. The number of nitrogens with two attached hydrogens (primary N) is 1. The van der Waals surface area contributed by atoms with Crippen molar-refractivity contribution < 1.29 is 9.53 Å². The molecule has 3 N–H and O–H groups in total. The lowest BCUT2D eigenvalue weighted by atomic mass is 9.93. The molecule has 2 unspecified atom stereocenters. The summed E-state index contributed by atoms with van der Waals surface area (Å²) in [7, 11) is 0. The Hall–Kier alpha value is -0.770. The topological polar surface area (TPSA) is 64.3 Å². The molecule has 0 heterocycles. The molecule has 0 bridgehead atoms. The molecule has 0 aromatic carbocycles. The first-order valence-corrected chi connectivity index (χ1v) is 5.97. The van der Waals surface area contributed by atoms with Gasteiger partial charge in [0, 0.05) is 12.0 Å². The second kappa shape index (κ2) is 4.84. The van der Waals surface area contributed by atoms with E-state index < -0.39 is 0 Å². The molecule has 4 nitrogen and oxygen atoms in total. The van der Waals surface area contributed by atoms with Crippen molar-refractivity contribution in [3.8, 4) is 0 Å². The first-order chi connectivity index (χ1) is 7.29. The van der Waals surface area contributed by atoms with Crippen LogP contribution in [0.15, 0.2) is 0 Å². The Morgan fingerprint density at radius 1 is 1.27 bits per heavy atom. The van der Waals surface area contributed by atoms with E-state index in [1.165, 1.54) is 6.42 Å². The molecule has 0 saturated heterocycles. The van der Waals surface area contributed by atoms with Crippen molar-refractivity contribution >= 4 is 6.09 Å². The molecule has 2 fully saturated rings. The normalized spacial score (nSPS) is 31.0. The first kappa shape index (κ1) is 10.7. The van der Waals surface area contributed by atoms with E-state index >= 15 is 0 Å². The zero-order chi connectivity index (χ0) is 10.7. The number of rotatable bonds is 3. The number of nitrogens with one attached hydrogen (secondary N) is 1. The van der Waals surface area contributed by atoms with Gasteiger partial charge in [0.1, 0.15) is 6.10 Å². The minimum absolute atomic E-state index is 0.0510. The van der Waals surface area contributed by atoms with Gasteiger partial charge in [-0.15, -0.1) is 0 Å². The summed E-state index contributed by atoms with van der Waals surface area (Å²) in [5, 5.41) is 2.89. The summed E-state index contributed by atoms with van der Waals surface area (Å²) in [6, 6.07) is 0.357. The van der Waals surface area contributed by atoms with Crippen LogP contribution < -0.4 is 11.1 Å². The summed E-state index contributed by atoms with van der Waals surface area (Å²) in [5.41, 5.74) is 5.63. The summed E-state index contributed by atoms with van der Waals surface area (Å²) in [6.07, 6.45) is 6.42. The van der Waals surface area contributed by atoms with Gasteiger partial charge in [-0.3, -0.25) is 0 Å². The van der Waals surface area contributed by atoms with Crippen molar-refractivity contribution in [1.29, 1.82) is 0 Å². The third-order valence-corrected chi connectivity index (χ3v) is 3.58. The van der Waals surface area contributed by atoms with Gasteiger partial charge < -0.3 is 15.8 Å². The Labute approximate surface area is 90.5 Å². The van der Waals surface area contributed by atoms with Gasteiger partial charge in [0.05, 0.1) is 0 Å². The van der Waals surface area contributed by atoms with Gasteiger partial charge in [-0.2, -0.15) is 0 Å². The van der Waals surface area contributed by atoms with E-state index in [2.05, 4.69) is 5.32 Å². The second-order valence-corrected chi connectivity index (χ2v) is 4.64. The van der Waals surface area contributed by atoms with E-state index in [0.717, 1.165) is 32.1 Å². The molecular formula is C11H20N2O2. The van der Waals surface area contributed by atoms with Crippen LogP contribution in [0.25, 0.3) is 0 Å². The van der Waals surface area contributed by atoms with Crippen LogP contribution in [0.3, 0.4) is 0 Å². The van der Waals surface area contributed by atoms with Crippen molar-refractivity contribution in [2.75, 3.05) is 6.54 Å². The highest BCUT2D eigenvalue weighted by Crippen LogP contribution is 2.27. The number of hydrogen-bond donors (Lipinski definition) is 2. The Bertz CT molecular complexity index is 229. The largest absolute Gasteiger partial charge is 0.446 e. The second-order valence-electron chi connectivity index (χ2n) is 4.64. The molecule has 2 rings (SSSR count). The van der Waals surface area contributed by atoms with Gasteiger partial charge in [0.2, 0.25) is 0 Å². The SMILES string of the molecule is NCC1CCCC1OC(=O)NC1CCC1. The zero-order valence-corrected chi connectivity index (χ0v) is 9.08. The molecule has 86 valence electrons. The van der Waals surface area contributed by atoms with Crippen molar-refractivity contribution in [1.82, 2.24) is 5.32 Å². The number of amides is 1. The Morgan fingerprint density at radius 2 is 2.00 bits per heavy atom. The molecular weight excluding hydrogens is 192 g/mol. The van der Waals surface area contributed by atoms with Gasteiger partial charge in [-0.1, -0.05) is 0 Å². The van der Waals surface area contributed by atoms with E-state index in [4.69, 9.17) is 10.5 Å². The van der Waals surface area contributed by atoms with Crippen LogP contribution in [0.1, 0.15) is 38.5 Å². The van der Waals surface area contributed by atoms with Gasteiger partial charge >= 0.3 is 6.09 Å². The molecule has 2 saturated carbocycles. The summed E-state index contributed by atoms with van der Waals surface area (Å²) in [6.45, 7) is 0.626. The number of carbonyl (C=O) groups is 1. The Morgan fingerprint density at radius 3 is 2.60 bits per heavy atom. The third kappa shape index (κ3) is 2.62. The predicted octanol–water partition coefficient (Wildman–Crippen LogP) is 1.39. The third-order valence-electron chi connectivity index (χ3n) is 3.58. The molecule has 0 aromatic heterocycles.